The molecule has 2 aromatic carbocycles. The Hall–Kier alpha value is -2.54. The van der Waals surface area contributed by atoms with Crippen molar-refractivity contribution in [3.8, 4) is 11.1 Å². The van der Waals surface area contributed by atoms with Crippen molar-refractivity contribution >= 4 is 11.6 Å². The molecule has 1 aliphatic rings. The number of furan rings is 1. The third-order valence-corrected chi connectivity index (χ3v) is 4.96. The highest BCUT2D eigenvalue weighted by Crippen LogP contribution is 2.41. The normalized spacial score (nSPS) is 13.0. The summed E-state index contributed by atoms with van der Waals surface area (Å²) in [5.74, 6) is 1.97. The Kier molecular flexibility index (Phi) is 3.65. The van der Waals surface area contributed by atoms with E-state index in [9.17, 15) is 0 Å². The van der Waals surface area contributed by atoms with E-state index in [1.807, 2.05) is 13.0 Å². The van der Waals surface area contributed by atoms with Crippen LogP contribution in [0.3, 0.4) is 0 Å². The number of allylic oxidation sites excluding steroid dienone is 1. The van der Waals surface area contributed by atoms with Crippen LogP contribution in [-0.4, -0.2) is 0 Å². The first-order valence-electron chi connectivity index (χ1n) is 8.65. The van der Waals surface area contributed by atoms with Crippen molar-refractivity contribution in [3.63, 3.8) is 0 Å². The molecule has 0 radical (unpaired) electrons. The molecule has 1 nitrogen and oxygen atoms in total. The van der Waals surface area contributed by atoms with Gasteiger partial charge in [0.15, 0.2) is 0 Å². The van der Waals surface area contributed by atoms with E-state index in [0.717, 1.165) is 24.4 Å². The van der Waals surface area contributed by atoms with Gasteiger partial charge in [-0.25, -0.2) is 0 Å². The van der Waals surface area contributed by atoms with E-state index in [1.54, 1.807) is 0 Å². The molecular weight excluding hydrogens is 292 g/mol. The van der Waals surface area contributed by atoms with Crippen molar-refractivity contribution in [1.82, 2.24) is 0 Å². The van der Waals surface area contributed by atoms with Crippen molar-refractivity contribution in [2.24, 2.45) is 0 Å². The van der Waals surface area contributed by atoms with Crippen LogP contribution in [0.1, 0.15) is 40.7 Å². The van der Waals surface area contributed by atoms with Gasteiger partial charge in [-0.3, -0.25) is 0 Å². The van der Waals surface area contributed by atoms with Gasteiger partial charge < -0.3 is 4.42 Å². The van der Waals surface area contributed by atoms with Gasteiger partial charge in [-0.1, -0.05) is 43.3 Å². The number of aryl methyl sites for hydroxylation is 2. The van der Waals surface area contributed by atoms with E-state index >= 15 is 0 Å². The minimum absolute atomic E-state index is 0.951. The zero-order valence-corrected chi connectivity index (χ0v) is 14.5. The number of rotatable bonds is 3. The van der Waals surface area contributed by atoms with Crippen LogP contribution in [0.4, 0.5) is 0 Å². The van der Waals surface area contributed by atoms with Crippen LogP contribution in [0.5, 0.6) is 0 Å². The predicted octanol–water partition coefficient (Wildman–Crippen LogP) is 6.22. The van der Waals surface area contributed by atoms with Crippen LogP contribution >= 0.6 is 0 Å². The smallest absolute Gasteiger partial charge is 0.130 e. The number of hydrogen-bond donors (Lipinski definition) is 0. The highest BCUT2D eigenvalue weighted by Gasteiger charge is 2.22. The number of hydrogen-bond acceptors (Lipinski definition) is 1. The van der Waals surface area contributed by atoms with Gasteiger partial charge in [0.05, 0.1) is 0 Å². The molecular formula is C23H22O. The average molecular weight is 314 g/mol. The van der Waals surface area contributed by atoms with E-state index in [2.05, 4.69) is 62.4 Å². The summed E-state index contributed by atoms with van der Waals surface area (Å²) < 4.78 is 5.86. The molecule has 0 saturated heterocycles. The van der Waals surface area contributed by atoms with Gasteiger partial charge in [0, 0.05) is 6.42 Å². The minimum atomic E-state index is 0.951. The molecule has 1 heterocycles. The fraction of sp³-hybridized carbons (Fsp3) is 0.217. The molecule has 0 fully saturated rings. The maximum Gasteiger partial charge on any atom is 0.130 e. The molecule has 3 aromatic rings. The van der Waals surface area contributed by atoms with E-state index in [0.29, 0.717) is 0 Å². The van der Waals surface area contributed by atoms with Crippen LogP contribution in [0.25, 0.3) is 22.8 Å². The summed E-state index contributed by atoms with van der Waals surface area (Å²) in [6, 6.07) is 17.3. The van der Waals surface area contributed by atoms with Crippen LogP contribution in [-0.2, 0) is 12.8 Å². The third kappa shape index (κ3) is 2.41. The summed E-state index contributed by atoms with van der Waals surface area (Å²) in [6.07, 6.45) is 4.33. The molecule has 1 aromatic heterocycles. The van der Waals surface area contributed by atoms with Crippen LogP contribution in [0.2, 0.25) is 0 Å². The molecule has 0 saturated carbocycles. The van der Waals surface area contributed by atoms with Gasteiger partial charge in [0.1, 0.15) is 11.5 Å². The van der Waals surface area contributed by atoms with Crippen molar-refractivity contribution in [2.75, 3.05) is 0 Å². The summed E-state index contributed by atoms with van der Waals surface area (Å²) in [5.41, 5.74) is 9.60. The van der Waals surface area contributed by atoms with Gasteiger partial charge in [0.25, 0.3) is 0 Å². The average Bonchev–Trinajstić information content (AvgIpc) is 3.20. The monoisotopic (exact) mass is 314 g/mol. The summed E-state index contributed by atoms with van der Waals surface area (Å²) in [7, 11) is 0. The molecule has 0 bridgehead atoms. The summed E-state index contributed by atoms with van der Waals surface area (Å²) >= 11 is 0. The second-order valence-electron chi connectivity index (χ2n) is 6.60. The van der Waals surface area contributed by atoms with Gasteiger partial charge >= 0.3 is 0 Å². The Morgan fingerprint density at radius 3 is 2.46 bits per heavy atom. The topological polar surface area (TPSA) is 13.1 Å². The maximum absolute atomic E-state index is 5.86. The minimum Gasteiger partial charge on any atom is -0.462 e. The molecule has 0 atom stereocenters. The van der Waals surface area contributed by atoms with Crippen LogP contribution < -0.4 is 0 Å². The standard InChI is InChI=1S/C23H22O/c1-4-20-15(2)12-18-13-19(22-11-10-16(3)24-22)14-21(18)23(20)17-8-6-5-7-9-17/h5-12,14H,4,13H2,1-3H3. The second-order valence-corrected chi connectivity index (χ2v) is 6.60. The Bertz CT molecular complexity index is 926. The lowest BCUT2D eigenvalue weighted by molar-refractivity contribution is 0.521. The quantitative estimate of drug-likeness (QED) is 0.559. The van der Waals surface area contributed by atoms with E-state index in [1.165, 1.54) is 39.0 Å². The van der Waals surface area contributed by atoms with Crippen molar-refractivity contribution in [2.45, 2.75) is 33.6 Å². The summed E-state index contributed by atoms with van der Waals surface area (Å²) in [6.45, 7) is 6.48. The maximum atomic E-state index is 5.86. The number of benzene rings is 2. The van der Waals surface area contributed by atoms with Crippen LogP contribution in [0.15, 0.2) is 52.9 Å². The Morgan fingerprint density at radius 2 is 1.79 bits per heavy atom. The van der Waals surface area contributed by atoms with Gasteiger partial charge in [0.2, 0.25) is 0 Å². The SMILES string of the molecule is CCc1c(C)cc2c(c1-c1ccccc1)C=C(c1ccc(C)o1)C2. The molecule has 1 heteroatoms. The molecule has 0 N–H and O–H groups in total. The zero-order chi connectivity index (χ0) is 16.7. The molecule has 0 aliphatic heterocycles. The molecule has 1 aliphatic carbocycles. The summed E-state index contributed by atoms with van der Waals surface area (Å²) in [5, 5.41) is 0. The van der Waals surface area contributed by atoms with Crippen molar-refractivity contribution in [3.05, 3.63) is 82.3 Å². The lowest BCUT2D eigenvalue weighted by atomic mass is 9.88. The van der Waals surface area contributed by atoms with E-state index in [4.69, 9.17) is 4.42 Å². The van der Waals surface area contributed by atoms with E-state index in [-0.39, 0.29) is 0 Å². The first-order chi connectivity index (χ1) is 11.7. The highest BCUT2D eigenvalue weighted by atomic mass is 16.3. The molecule has 0 amide bonds. The first-order valence-corrected chi connectivity index (χ1v) is 8.65. The summed E-state index contributed by atoms with van der Waals surface area (Å²) in [4.78, 5) is 0. The largest absolute Gasteiger partial charge is 0.462 e. The lowest BCUT2D eigenvalue weighted by Gasteiger charge is -2.16. The Balaban J connectivity index is 1.93. The zero-order valence-electron chi connectivity index (χ0n) is 14.5. The van der Waals surface area contributed by atoms with E-state index < -0.39 is 0 Å². The number of fused-ring (bicyclic) bond motifs is 1. The third-order valence-electron chi connectivity index (χ3n) is 4.96. The van der Waals surface area contributed by atoms with Gasteiger partial charge in [-0.15, -0.1) is 0 Å². The predicted molar refractivity (Wildman–Crippen MR) is 101 cm³/mol. The Labute approximate surface area is 143 Å². The first kappa shape index (κ1) is 15.0. The van der Waals surface area contributed by atoms with Crippen molar-refractivity contribution < 1.29 is 4.42 Å². The lowest BCUT2D eigenvalue weighted by Crippen LogP contribution is -1.98. The van der Waals surface area contributed by atoms with Gasteiger partial charge in [-0.2, -0.15) is 0 Å². The Morgan fingerprint density at radius 1 is 1.00 bits per heavy atom. The molecule has 0 unspecified atom stereocenters. The molecule has 24 heavy (non-hydrogen) atoms. The van der Waals surface area contributed by atoms with Crippen molar-refractivity contribution in [1.29, 1.82) is 0 Å². The highest BCUT2D eigenvalue weighted by molar-refractivity contribution is 5.94. The molecule has 0 spiro atoms. The molecule has 120 valence electrons. The fourth-order valence-corrected chi connectivity index (χ4v) is 3.84. The molecule has 4 rings (SSSR count). The van der Waals surface area contributed by atoms with Crippen LogP contribution in [0, 0.1) is 13.8 Å². The fourth-order valence-electron chi connectivity index (χ4n) is 3.84. The van der Waals surface area contributed by atoms with Gasteiger partial charge in [-0.05, 0) is 77.4 Å². The second kappa shape index (κ2) is 5.83.